The Morgan fingerprint density at radius 3 is 2.65 bits per heavy atom. The van der Waals surface area contributed by atoms with Gasteiger partial charge in [0, 0.05) is 22.2 Å². The zero-order chi connectivity index (χ0) is 12.7. The van der Waals surface area contributed by atoms with E-state index in [-0.39, 0.29) is 5.91 Å². The summed E-state index contributed by atoms with van der Waals surface area (Å²) in [5.74, 6) is 0.00988. The smallest absolute Gasteiger partial charge is 0.251 e. The van der Waals surface area contributed by atoms with Gasteiger partial charge in [-0.25, -0.2) is 0 Å². The molecule has 0 saturated heterocycles. The molecule has 1 amide bonds. The minimum atomic E-state index is 0.00988. The second-order valence-corrected chi connectivity index (χ2v) is 5.04. The van der Waals surface area contributed by atoms with E-state index in [1.807, 2.05) is 24.3 Å². The average molecular weight is 344 g/mol. The molecule has 94 valence electrons. The van der Waals surface area contributed by atoms with E-state index < -0.39 is 0 Å². The van der Waals surface area contributed by atoms with E-state index in [1.54, 1.807) is 0 Å². The molecule has 0 atom stereocenters. The van der Waals surface area contributed by atoms with Gasteiger partial charge >= 0.3 is 0 Å². The van der Waals surface area contributed by atoms with Gasteiger partial charge in [0.05, 0.1) is 0 Å². The summed E-state index contributed by atoms with van der Waals surface area (Å²) in [4.78, 5) is 14.1. The molecule has 1 rings (SSSR count). The number of rotatable bonds is 6. The van der Waals surface area contributed by atoms with Crippen LogP contribution in [0.25, 0.3) is 0 Å². The first-order chi connectivity index (χ1) is 8.17. The molecule has 1 N–H and O–H groups in total. The molecule has 0 aliphatic heterocycles. The minimum absolute atomic E-state index is 0.00988. The van der Waals surface area contributed by atoms with Crippen LogP contribution < -0.4 is 5.32 Å². The number of carbonyl (C=O) groups excluding carboxylic acids is 1. The van der Waals surface area contributed by atoms with Gasteiger partial charge in [-0.1, -0.05) is 19.9 Å². The van der Waals surface area contributed by atoms with Gasteiger partial charge in [-0.3, -0.25) is 4.79 Å². The Bertz CT molecular complexity index is 364. The van der Waals surface area contributed by atoms with E-state index >= 15 is 0 Å². The topological polar surface area (TPSA) is 32.3 Å². The van der Waals surface area contributed by atoms with Crippen molar-refractivity contribution in [2.45, 2.75) is 13.8 Å². The van der Waals surface area contributed by atoms with Gasteiger partial charge in [0.25, 0.3) is 5.91 Å². The van der Waals surface area contributed by atoms with Gasteiger partial charge in [-0.2, -0.15) is 0 Å². The van der Waals surface area contributed by atoms with Gasteiger partial charge in [0.15, 0.2) is 0 Å². The highest BCUT2D eigenvalue weighted by atomic mass is 125. The molecule has 1 aromatic carbocycles. The molecule has 0 aliphatic rings. The molecule has 0 unspecified atom stereocenters. The predicted octanol–water partition coefficient (Wildman–Crippen LogP) is 2.36. The van der Waals surface area contributed by atoms with Crippen molar-refractivity contribution in [1.82, 2.24) is 10.2 Å². The van der Waals surface area contributed by atoms with E-state index in [1.165, 1.54) is 0 Å². The third-order valence-electron chi connectivity index (χ3n) is 2.69. The largest absolute Gasteiger partial charge is 0.351 e. The van der Waals surface area contributed by atoms with Crippen LogP contribution in [0.2, 0.25) is 0 Å². The molecule has 0 saturated carbocycles. The average Bonchev–Trinajstić information content (AvgIpc) is 2.34. The molecule has 0 aromatic heterocycles. The number of hydrogen-bond acceptors (Lipinski definition) is 2. The normalized spacial score (nSPS) is 10.6. The van der Waals surface area contributed by atoms with Crippen LogP contribution in [0.3, 0.4) is 0 Å². The highest BCUT2D eigenvalue weighted by Gasteiger charge is 2.05. The molecule has 0 radical (unpaired) electrons. The fraction of sp³-hybridized carbons (Fsp3) is 0.462. The number of likely N-dealkylation sites (N-methyl/N-ethyl adjacent to an activating group) is 1. The van der Waals surface area contributed by atoms with Crippen LogP contribution in [0.5, 0.6) is 0 Å². The lowest BCUT2D eigenvalue weighted by molar-refractivity contribution is 0.0949. The Labute approximate surface area is 117 Å². The standard InChI is InChI=1S/C13H19IN2O/c1-3-16(4-2)9-8-15-13(17)11-6-5-7-12(14)10-11/h5-7,10H,3-4,8-9H2,1-2H3,(H,15,17)/i14-2. The molecule has 0 bridgehead atoms. The summed E-state index contributed by atoms with van der Waals surface area (Å²) in [6, 6.07) is 7.62. The van der Waals surface area contributed by atoms with E-state index in [4.69, 9.17) is 0 Å². The highest BCUT2D eigenvalue weighted by molar-refractivity contribution is 14.1. The van der Waals surface area contributed by atoms with Crippen LogP contribution in [0.1, 0.15) is 24.2 Å². The Hall–Kier alpha value is -0.620. The third kappa shape index (κ3) is 5.04. The number of hydrogen-bond donors (Lipinski definition) is 1. The summed E-state index contributed by atoms with van der Waals surface area (Å²) >= 11 is 2.21. The van der Waals surface area contributed by atoms with Crippen molar-refractivity contribution in [2.24, 2.45) is 0 Å². The molecular weight excluding hydrogens is 325 g/mol. The number of benzene rings is 1. The summed E-state index contributed by atoms with van der Waals surface area (Å²) < 4.78 is 1.08. The highest BCUT2D eigenvalue weighted by Crippen LogP contribution is 2.07. The molecule has 17 heavy (non-hydrogen) atoms. The van der Waals surface area contributed by atoms with Crippen LogP contribution >= 0.6 is 22.6 Å². The van der Waals surface area contributed by atoms with Crippen molar-refractivity contribution < 1.29 is 4.79 Å². The zero-order valence-electron chi connectivity index (χ0n) is 10.4. The summed E-state index contributed by atoms with van der Waals surface area (Å²) in [7, 11) is 0. The number of nitrogens with one attached hydrogen (secondary N) is 1. The number of carbonyl (C=O) groups is 1. The summed E-state index contributed by atoms with van der Waals surface area (Å²) in [6.07, 6.45) is 0. The lowest BCUT2D eigenvalue weighted by atomic mass is 10.2. The number of nitrogens with zero attached hydrogens (tertiary/aromatic N) is 1. The fourth-order valence-electron chi connectivity index (χ4n) is 1.60. The maximum absolute atomic E-state index is 11.8. The molecule has 0 fully saturated rings. The SMILES string of the molecule is CCN(CC)CCNC(=O)c1cccc([125I])c1. The monoisotopic (exact) mass is 344 g/mol. The van der Waals surface area contributed by atoms with Crippen molar-refractivity contribution in [3.63, 3.8) is 0 Å². The van der Waals surface area contributed by atoms with Crippen LogP contribution in [-0.2, 0) is 0 Å². The molecule has 3 nitrogen and oxygen atoms in total. The van der Waals surface area contributed by atoms with E-state index in [9.17, 15) is 4.79 Å². The van der Waals surface area contributed by atoms with E-state index in [0.717, 1.165) is 28.8 Å². The fourth-order valence-corrected chi connectivity index (χ4v) is 2.14. The maximum Gasteiger partial charge on any atom is 0.251 e. The molecule has 4 heteroatoms. The lowest BCUT2D eigenvalue weighted by Crippen LogP contribution is -2.34. The van der Waals surface area contributed by atoms with Crippen molar-refractivity contribution >= 4 is 28.5 Å². The number of amides is 1. The van der Waals surface area contributed by atoms with Gasteiger partial charge < -0.3 is 10.2 Å². The molecular formula is C13H19IN2O. The van der Waals surface area contributed by atoms with Gasteiger partial charge in [-0.05, 0) is 53.9 Å². The summed E-state index contributed by atoms with van der Waals surface area (Å²) in [5.41, 5.74) is 0.733. The Morgan fingerprint density at radius 2 is 2.06 bits per heavy atom. The second kappa shape index (κ2) is 7.66. The first kappa shape index (κ1) is 14.4. The Balaban J connectivity index is 2.40. The molecule has 1 aromatic rings. The predicted molar refractivity (Wildman–Crippen MR) is 79.3 cm³/mol. The molecule has 0 spiro atoms. The molecule has 0 aliphatic carbocycles. The lowest BCUT2D eigenvalue weighted by Gasteiger charge is -2.17. The van der Waals surface area contributed by atoms with Crippen molar-refractivity contribution in [1.29, 1.82) is 0 Å². The second-order valence-electron chi connectivity index (χ2n) is 3.79. The van der Waals surface area contributed by atoms with E-state index in [0.29, 0.717) is 6.54 Å². The summed E-state index contributed by atoms with van der Waals surface area (Å²) in [6.45, 7) is 7.91. The Morgan fingerprint density at radius 1 is 1.35 bits per heavy atom. The van der Waals surface area contributed by atoms with Crippen LogP contribution in [-0.4, -0.2) is 37.0 Å². The summed E-state index contributed by atoms with van der Waals surface area (Å²) in [5, 5.41) is 2.94. The maximum atomic E-state index is 11.8. The quantitative estimate of drug-likeness (QED) is 0.804. The third-order valence-corrected chi connectivity index (χ3v) is 3.37. The van der Waals surface area contributed by atoms with Crippen molar-refractivity contribution in [3.05, 3.63) is 33.4 Å². The van der Waals surface area contributed by atoms with E-state index in [2.05, 4.69) is 46.7 Å². The van der Waals surface area contributed by atoms with Crippen molar-refractivity contribution in [3.8, 4) is 0 Å². The van der Waals surface area contributed by atoms with Crippen molar-refractivity contribution in [2.75, 3.05) is 26.2 Å². The van der Waals surface area contributed by atoms with Gasteiger partial charge in [0.1, 0.15) is 0 Å². The Kier molecular flexibility index (Phi) is 6.50. The van der Waals surface area contributed by atoms with Crippen LogP contribution in [0, 0.1) is 3.57 Å². The number of halogens is 1. The first-order valence-electron chi connectivity index (χ1n) is 5.93. The van der Waals surface area contributed by atoms with Crippen LogP contribution in [0.15, 0.2) is 24.3 Å². The van der Waals surface area contributed by atoms with Crippen LogP contribution in [0.4, 0.5) is 0 Å². The minimum Gasteiger partial charge on any atom is -0.351 e. The molecule has 0 heterocycles. The first-order valence-corrected chi connectivity index (χ1v) is 7.01. The van der Waals surface area contributed by atoms with Gasteiger partial charge in [0.2, 0.25) is 0 Å². The van der Waals surface area contributed by atoms with Gasteiger partial charge in [-0.15, -0.1) is 0 Å². The zero-order valence-corrected chi connectivity index (χ0v) is 12.5.